The third-order valence-corrected chi connectivity index (χ3v) is 5.28. The fraction of sp³-hybridized carbons (Fsp3) is 0.316. The number of rotatable bonds is 5. The average Bonchev–Trinajstić information content (AvgIpc) is 3.02. The van der Waals surface area contributed by atoms with E-state index in [4.69, 9.17) is 0 Å². The summed E-state index contributed by atoms with van der Waals surface area (Å²) >= 11 is 1.71. The molecule has 2 heterocycles. The molecule has 3 rings (SSSR count). The van der Waals surface area contributed by atoms with Gasteiger partial charge in [0.2, 0.25) is 0 Å². The first-order valence-corrected chi connectivity index (χ1v) is 9.06. The molecule has 5 nitrogen and oxygen atoms in total. The standard InChI is InChI=1S/C19H23N5S/c1-19(2,3)16-9-15-17(21-12-22-18(15)25-16)24-23-11-14-7-5-13(6-8-14)10-20-4/h5-9,11-12,20H,10H2,1-4H3,(H,21,22,24)/b23-11+. The van der Waals surface area contributed by atoms with Gasteiger partial charge in [0, 0.05) is 11.4 Å². The minimum absolute atomic E-state index is 0.0982. The van der Waals surface area contributed by atoms with Crippen molar-refractivity contribution in [3.05, 3.63) is 52.7 Å². The van der Waals surface area contributed by atoms with E-state index in [-0.39, 0.29) is 5.41 Å². The number of aromatic nitrogens is 2. The van der Waals surface area contributed by atoms with Gasteiger partial charge in [0.15, 0.2) is 5.82 Å². The molecule has 0 atom stereocenters. The molecule has 0 aliphatic heterocycles. The number of benzene rings is 1. The minimum Gasteiger partial charge on any atom is -0.316 e. The maximum absolute atomic E-state index is 4.38. The van der Waals surface area contributed by atoms with E-state index in [0.29, 0.717) is 0 Å². The van der Waals surface area contributed by atoms with E-state index < -0.39 is 0 Å². The van der Waals surface area contributed by atoms with E-state index in [2.05, 4.69) is 76.9 Å². The van der Waals surface area contributed by atoms with Crippen LogP contribution in [0.5, 0.6) is 0 Å². The molecule has 2 N–H and O–H groups in total. The third-order valence-electron chi connectivity index (χ3n) is 3.81. The topological polar surface area (TPSA) is 62.2 Å². The SMILES string of the molecule is CNCc1ccc(/C=N/Nc2ncnc3sc(C(C)(C)C)cc23)cc1. The lowest BCUT2D eigenvalue weighted by Crippen LogP contribution is -2.07. The third kappa shape index (κ3) is 4.21. The number of nitrogens with one attached hydrogen (secondary N) is 2. The summed E-state index contributed by atoms with van der Waals surface area (Å²) in [6.45, 7) is 7.47. The normalized spacial score (nSPS) is 12.2. The summed E-state index contributed by atoms with van der Waals surface area (Å²) in [5.41, 5.74) is 5.44. The van der Waals surface area contributed by atoms with Crippen LogP contribution in [-0.4, -0.2) is 23.2 Å². The predicted octanol–water partition coefficient (Wildman–Crippen LogP) is 4.15. The van der Waals surface area contributed by atoms with E-state index >= 15 is 0 Å². The van der Waals surface area contributed by atoms with E-state index in [1.807, 2.05) is 7.05 Å². The quantitative estimate of drug-likeness (QED) is 0.534. The molecule has 0 unspecified atom stereocenters. The van der Waals surface area contributed by atoms with Crippen molar-refractivity contribution in [1.82, 2.24) is 15.3 Å². The molecule has 1 aromatic carbocycles. The zero-order valence-electron chi connectivity index (χ0n) is 15.0. The fourth-order valence-electron chi connectivity index (χ4n) is 2.41. The summed E-state index contributed by atoms with van der Waals surface area (Å²) < 4.78 is 0. The Balaban J connectivity index is 1.77. The number of thiophene rings is 1. The van der Waals surface area contributed by atoms with Gasteiger partial charge in [-0.1, -0.05) is 45.0 Å². The van der Waals surface area contributed by atoms with Crippen molar-refractivity contribution in [3.8, 4) is 0 Å². The first-order chi connectivity index (χ1) is 12.0. The zero-order chi connectivity index (χ0) is 17.9. The van der Waals surface area contributed by atoms with E-state index in [9.17, 15) is 0 Å². The highest BCUT2D eigenvalue weighted by molar-refractivity contribution is 7.18. The van der Waals surface area contributed by atoms with Crippen molar-refractivity contribution in [3.63, 3.8) is 0 Å². The minimum atomic E-state index is 0.0982. The Morgan fingerprint density at radius 1 is 1.16 bits per heavy atom. The highest BCUT2D eigenvalue weighted by Crippen LogP contribution is 2.35. The van der Waals surface area contributed by atoms with Gasteiger partial charge in [-0.25, -0.2) is 9.97 Å². The summed E-state index contributed by atoms with van der Waals surface area (Å²) in [5.74, 6) is 0.736. The fourth-order valence-corrected chi connectivity index (χ4v) is 3.46. The van der Waals surface area contributed by atoms with E-state index in [0.717, 1.165) is 28.1 Å². The molecule has 0 spiro atoms. The van der Waals surface area contributed by atoms with Gasteiger partial charge in [0.05, 0.1) is 11.6 Å². The Morgan fingerprint density at radius 3 is 2.60 bits per heavy atom. The van der Waals surface area contributed by atoms with Crippen LogP contribution in [0.2, 0.25) is 0 Å². The van der Waals surface area contributed by atoms with E-state index in [1.165, 1.54) is 10.4 Å². The van der Waals surface area contributed by atoms with Gasteiger partial charge in [0.25, 0.3) is 0 Å². The molecule has 3 aromatic rings. The lowest BCUT2D eigenvalue weighted by molar-refractivity contribution is 0.604. The predicted molar refractivity (Wildman–Crippen MR) is 107 cm³/mol. The van der Waals surface area contributed by atoms with Gasteiger partial charge in [-0.15, -0.1) is 11.3 Å². The smallest absolute Gasteiger partial charge is 0.158 e. The molecule has 0 saturated heterocycles. The molecular weight excluding hydrogens is 330 g/mol. The number of hydrogen-bond donors (Lipinski definition) is 2. The first kappa shape index (κ1) is 17.5. The lowest BCUT2D eigenvalue weighted by atomic mass is 9.94. The van der Waals surface area contributed by atoms with Crippen molar-refractivity contribution in [2.75, 3.05) is 12.5 Å². The molecular formula is C19H23N5S. The maximum Gasteiger partial charge on any atom is 0.158 e. The lowest BCUT2D eigenvalue weighted by Gasteiger charge is -2.14. The second-order valence-electron chi connectivity index (χ2n) is 6.94. The van der Waals surface area contributed by atoms with Crippen molar-refractivity contribution < 1.29 is 0 Å². The van der Waals surface area contributed by atoms with Crippen LogP contribution < -0.4 is 10.7 Å². The zero-order valence-corrected chi connectivity index (χ0v) is 15.8. The van der Waals surface area contributed by atoms with Crippen molar-refractivity contribution in [2.24, 2.45) is 5.10 Å². The Hall–Kier alpha value is -2.31. The first-order valence-electron chi connectivity index (χ1n) is 8.25. The molecule has 0 bridgehead atoms. The molecule has 0 aliphatic carbocycles. The highest BCUT2D eigenvalue weighted by atomic mass is 32.1. The summed E-state index contributed by atoms with van der Waals surface area (Å²) in [6.07, 6.45) is 3.38. The highest BCUT2D eigenvalue weighted by Gasteiger charge is 2.18. The van der Waals surface area contributed by atoms with Crippen molar-refractivity contribution >= 4 is 33.6 Å². The summed E-state index contributed by atoms with van der Waals surface area (Å²) in [4.78, 5) is 11.0. The van der Waals surface area contributed by atoms with Gasteiger partial charge >= 0.3 is 0 Å². The molecule has 2 aromatic heterocycles. The van der Waals surface area contributed by atoms with Crippen molar-refractivity contribution in [1.29, 1.82) is 0 Å². The number of hydrazone groups is 1. The molecule has 0 amide bonds. The van der Waals surface area contributed by atoms with E-state index in [1.54, 1.807) is 23.9 Å². The number of fused-ring (bicyclic) bond motifs is 1. The van der Waals surface area contributed by atoms with Gasteiger partial charge in [-0.05, 0) is 29.7 Å². The van der Waals surface area contributed by atoms with Gasteiger partial charge in [0.1, 0.15) is 11.2 Å². The van der Waals surface area contributed by atoms with Gasteiger partial charge in [-0.3, -0.25) is 5.43 Å². The molecule has 0 fully saturated rings. The molecule has 0 radical (unpaired) electrons. The Bertz CT molecular complexity index is 875. The largest absolute Gasteiger partial charge is 0.316 e. The number of anilines is 1. The van der Waals surface area contributed by atoms with Gasteiger partial charge < -0.3 is 5.32 Å². The average molecular weight is 353 g/mol. The van der Waals surface area contributed by atoms with Crippen LogP contribution in [-0.2, 0) is 12.0 Å². The molecule has 0 aliphatic rings. The van der Waals surface area contributed by atoms with Crippen LogP contribution in [0.4, 0.5) is 5.82 Å². The van der Waals surface area contributed by atoms with Crippen LogP contribution in [0, 0.1) is 0 Å². The molecule has 25 heavy (non-hydrogen) atoms. The molecule has 130 valence electrons. The second kappa shape index (κ2) is 7.29. The molecule has 0 saturated carbocycles. The summed E-state index contributed by atoms with van der Waals surface area (Å²) in [5, 5.41) is 8.48. The Morgan fingerprint density at radius 2 is 1.92 bits per heavy atom. The molecule has 6 heteroatoms. The monoisotopic (exact) mass is 353 g/mol. The Labute approximate surface area is 152 Å². The summed E-state index contributed by atoms with van der Waals surface area (Å²) in [7, 11) is 1.94. The van der Waals surface area contributed by atoms with Crippen LogP contribution in [0.15, 0.2) is 41.8 Å². The second-order valence-corrected chi connectivity index (χ2v) is 7.97. The van der Waals surface area contributed by atoms with Crippen molar-refractivity contribution in [2.45, 2.75) is 32.7 Å². The Kier molecular flexibility index (Phi) is 5.11. The summed E-state index contributed by atoms with van der Waals surface area (Å²) in [6, 6.07) is 10.4. The maximum atomic E-state index is 4.38. The van der Waals surface area contributed by atoms with Crippen LogP contribution >= 0.6 is 11.3 Å². The van der Waals surface area contributed by atoms with Crippen LogP contribution in [0.3, 0.4) is 0 Å². The van der Waals surface area contributed by atoms with Crippen LogP contribution in [0.25, 0.3) is 10.2 Å². The number of hydrogen-bond acceptors (Lipinski definition) is 6. The van der Waals surface area contributed by atoms with Crippen LogP contribution in [0.1, 0.15) is 36.8 Å². The number of nitrogens with zero attached hydrogens (tertiary/aromatic N) is 3. The van der Waals surface area contributed by atoms with Gasteiger partial charge in [-0.2, -0.15) is 5.10 Å².